The van der Waals surface area contributed by atoms with E-state index in [1.54, 1.807) is 0 Å². The third-order valence-corrected chi connectivity index (χ3v) is 4.46. The summed E-state index contributed by atoms with van der Waals surface area (Å²) in [4.78, 5) is 16.5. The van der Waals surface area contributed by atoms with Crippen molar-refractivity contribution in [1.29, 1.82) is 0 Å². The molecule has 3 aromatic rings. The average Bonchev–Trinajstić information content (AvgIpc) is 3.03. The Balaban J connectivity index is 1.71. The summed E-state index contributed by atoms with van der Waals surface area (Å²) < 4.78 is 5.73. The van der Waals surface area contributed by atoms with Gasteiger partial charge in [0.2, 0.25) is 0 Å². The van der Waals surface area contributed by atoms with Crippen LogP contribution in [0.4, 0.5) is 10.8 Å². The first-order chi connectivity index (χ1) is 12.0. The minimum atomic E-state index is -0.204. The number of nitrogens with zero attached hydrogens (tertiary/aromatic N) is 1. The number of ether oxygens (including phenoxy) is 1. The molecule has 1 heterocycles. The molecule has 0 bridgehead atoms. The summed E-state index contributed by atoms with van der Waals surface area (Å²) in [5.74, 6) is 0.398. The van der Waals surface area contributed by atoms with Gasteiger partial charge in [-0.2, -0.15) is 0 Å². The van der Waals surface area contributed by atoms with Gasteiger partial charge in [0, 0.05) is 16.6 Å². The number of aryl methyl sites for hydroxylation is 2. The monoisotopic (exact) mass is 353 g/mol. The van der Waals surface area contributed by atoms with Crippen LogP contribution in [0.3, 0.4) is 0 Å². The molecule has 0 aliphatic carbocycles. The predicted molar refractivity (Wildman–Crippen MR) is 102 cm³/mol. The van der Waals surface area contributed by atoms with Crippen LogP contribution in [0.25, 0.3) is 11.3 Å². The Kier molecular flexibility index (Phi) is 5.00. The lowest BCUT2D eigenvalue weighted by Crippen LogP contribution is -2.21. The zero-order valence-electron chi connectivity index (χ0n) is 14.1. The number of benzene rings is 2. The summed E-state index contributed by atoms with van der Waals surface area (Å²) in [5, 5.41) is 5.28. The Morgan fingerprint density at radius 3 is 2.56 bits per heavy atom. The number of para-hydroxylation sites is 2. The lowest BCUT2D eigenvalue weighted by molar-refractivity contribution is -0.118. The van der Waals surface area contributed by atoms with Gasteiger partial charge in [-0.05, 0) is 37.1 Å². The minimum absolute atomic E-state index is 0.0790. The molecular formula is C19H19N3O2S. The van der Waals surface area contributed by atoms with Gasteiger partial charge in [0.25, 0.3) is 5.91 Å². The van der Waals surface area contributed by atoms with E-state index in [0.717, 1.165) is 28.1 Å². The third-order valence-electron chi connectivity index (χ3n) is 3.79. The number of nitrogen functional groups attached to an aromatic ring is 1. The molecule has 2 aromatic carbocycles. The molecule has 0 atom stereocenters. The number of nitrogens with two attached hydrogens (primary N) is 1. The van der Waals surface area contributed by atoms with Gasteiger partial charge in [-0.1, -0.05) is 30.3 Å². The molecule has 1 aromatic heterocycles. The highest BCUT2D eigenvalue weighted by Crippen LogP contribution is 2.31. The topological polar surface area (TPSA) is 77.2 Å². The normalized spacial score (nSPS) is 10.5. The van der Waals surface area contributed by atoms with E-state index in [0.29, 0.717) is 10.9 Å². The number of thiazole rings is 1. The first kappa shape index (κ1) is 17.0. The van der Waals surface area contributed by atoms with Crippen molar-refractivity contribution in [1.82, 2.24) is 4.98 Å². The van der Waals surface area contributed by atoms with Gasteiger partial charge in [0.15, 0.2) is 11.7 Å². The fourth-order valence-electron chi connectivity index (χ4n) is 2.55. The first-order valence-corrected chi connectivity index (χ1v) is 8.72. The average molecular weight is 353 g/mol. The van der Waals surface area contributed by atoms with Crippen LogP contribution in [-0.2, 0) is 4.79 Å². The number of aromatic nitrogens is 1. The van der Waals surface area contributed by atoms with E-state index in [1.165, 1.54) is 11.3 Å². The van der Waals surface area contributed by atoms with E-state index in [2.05, 4.69) is 10.3 Å². The summed E-state index contributed by atoms with van der Waals surface area (Å²) in [6, 6.07) is 13.4. The second kappa shape index (κ2) is 7.36. The number of anilines is 2. The Morgan fingerprint density at radius 1 is 1.16 bits per heavy atom. The van der Waals surface area contributed by atoms with Crippen LogP contribution in [0, 0.1) is 13.8 Å². The summed E-state index contributed by atoms with van der Waals surface area (Å²) in [5.41, 5.74) is 10.1. The molecule has 0 unspecified atom stereocenters. The maximum atomic E-state index is 12.3. The molecule has 1 amide bonds. The van der Waals surface area contributed by atoms with E-state index in [4.69, 9.17) is 10.5 Å². The van der Waals surface area contributed by atoms with Crippen molar-refractivity contribution in [2.45, 2.75) is 13.8 Å². The van der Waals surface area contributed by atoms with E-state index < -0.39 is 0 Å². The van der Waals surface area contributed by atoms with Crippen molar-refractivity contribution >= 4 is 28.1 Å². The quantitative estimate of drug-likeness (QED) is 0.726. The van der Waals surface area contributed by atoms with Gasteiger partial charge >= 0.3 is 0 Å². The lowest BCUT2D eigenvalue weighted by Gasteiger charge is -2.13. The van der Waals surface area contributed by atoms with Crippen LogP contribution in [0.2, 0.25) is 0 Å². The molecule has 25 heavy (non-hydrogen) atoms. The minimum Gasteiger partial charge on any atom is -0.483 e. The maximum absolute atomic E-state index is 12.3. The standard InChI is InChI=1S/C19H19N3O2S/c1-12-6-5-7-13(2)18(12)22-17(23)10-24-16-9-4-3-8-14(16)15-11-25-19(20)21-15/h3-9,11H,10H2,1-2H3,(H2,20,21)(H,22,23). The second-order valence-electron chi connectivity index (χ2n) is 5.67. The van der Waals surface area contributed by atoms with Gasteiger partial charge in [-0.15, -0.1) is 11.3 Å². The van der Waals surface area contributed by atoms with Crippen molar-refractivity contribution in [3.63, 3.8) is 0 Å². The number of nitrogens with one attached hydrogen (secondary N) is 1. The van der Waals surface area contributed by atoms with E-state index in [1.807, 2.05) is 61.7 Å². The molecule has 5 nitrogen and oxygen atoms in total. The Labute approximate surface area is 150 Å². The van der Waals surface area contributed by atoms with E-state index in [-0.39, 0.29) is 12.5 Å². The van der Waals surface area contributed by atoms with Gasteiger partial charge in [-0.25, -0.2) is 4.98 Å². The van der Waals surface area contributed by atoms with Crippen LogP contribution in [-0.4, -0.2) is 17.5 Å². The molecule has 6 heteroatoms. The molecule has 0 saturated heterocycles. The molecule has 128 valence electrons. The first-order valence-electron chi connectivity index (χ1n) is 7.84. The Hall–Kier alpha value is -2.86. The zero-order valence-corrected chi connectivity index (χ0v) is 14.9. The molecule has 0 spiro atoms. The Bertz CT molecular complexity index is 885. The summed E-state index contributed by atoms with van der Waals surface area (Å²) in [6.07, 6.45) is 0. The molecule has 0 aliphatic rings. The highest BCUT2D eigenvalue weighted by molar-refractivity contribution is 7.13. The third kappa shape index (κ3) is 3.97. The van der Waals surface area contributed by atoms with Gasteiger partial charge in [0.1, 0.15) is 5.75 Å². The van der Waals surface area contributed by atoms with Crippen molar-refractivity contribution in [2.75, 3.05) is 17.7 Å². The molecule has 3 rings (SSSR count). The highest BCUT2D eigenvalue weighted by Gasteiger charge is 2.12. The molecule has 0 radical (unpaired) electrons. The molecule has 3 N–H and O–H groups in total. The van der Waals surface area contributed by atoms with Crippen molar-refractivity contribution in [2.24, 2.45) is 0 Å². The SMILES string of the molecule is Cc1cccc(C)c1NC(=O)COc1ccccc1-c1csc(N)n1. The van der Waals surface area contributed by atoms with Crippen molar-refractivity contribution < 1.29 is 9.53 Å². The van der Waals surface area contributed by atoms with Crippen LogP contribution in [0.15, 0.2) is 47.8 Å². The van der Waals surface area contributed by atoms with Gasteiger partial charge in [0.05, 0.1) is 5.69 Å². The van der Waals surface area contributed by atoms with Crippen LogP contribution < -0.4 is 15.8 Å². The second-order valence-corrected chi connectivity index (χ2v) is 6.56. The van der Waals surface area contributed by atoms with Crippen molar-refractivity contribution in [3.8, 4) is 17.0 Å². The number of hydrogen-bond donors (Lipinski definition) is 2. The number of carbonyl (C=O) groups excluding carboxylic acids is 1. The van der Waals surface area contributed by atoms with Gasteiger partial charge < -0.3 is 15.8 Å². The highest BCUT2D eigenvalue weighted by atomic mass is 32.1. The number of rotatable bonds is 5. The maximum Gasteiger partial charge on any atom is 0.262 e. The lowest BCUT2D eigenvalue weighted by atomic mass is 10.1. The zero-order chi connectivity index (χ0) is 17.8. The van der Waals surface area contributed by atoms with Crippen molar-refractivity contribution in [3.05, 3.63) is 59.0 Å². The number of amides is 1. The fourth-order valence-corrected chi connectivity index (χ4v) is 3.11. The van der Waals surface area contributed by atoms with Crippen LogP contribution in [0.5, 0.6) is 5.75 Å². The summed E-state index contributed by atoms with van der Waals surface area (Å²) in [7, 11) is 0. The molecular weight excluding hydrogens is 334 g/mol. The van der Waals surface area contributed by atoms with Crippen LogP contribution >= 0.6 is 11.3 Å². The molecule has 0 saturated carbocycles. The summed E-state index contributed by atoms with van der Waals surface area (Å²) >= 11 is 1.37. The van der Waals surface area contributed by atoms with Crippen LogP contribution in [0.1, 0.15) is 11.1 Å². The van der Waals surface area contributed by atoms with E-state index in [9.17, 15) is 4.79 Å². The molecule has 0 fully saturated rings. The number of carbonyl (C=O) groups is 1. The Morgan fingerprint density at radius 2 is 1.88 bits per heavy atom. The smallest absolute Gasteiger partial charge is 0.262 e. The molecule has 0 aliphatic heterocycles. The fraction of sp³-hybridized carbons (Fsp3) is 0.158. The largest absolute Gasteiger partial charge is 0.483 e. The van der Waals surface area contributed by atoms with Gasteiger partial charge in [-0.3, -0.25) is 4.79 Å². The number of hydrogen-bond acceptors (Lipinski definition) is 5. The summed E-state index contributed by atoms with van der Waals surface area (Å²) in [6.45, 7) is 3.85. The van der Waals surface area contributed by atoms with E-state index >= 15 is 0 Å². The predicted octanol–water partition coefficient (Wildman–Crippen LogP) is 4.03.